The second-order valence-corrected chi connectivity index (χ2v) is 5.73. The van der Waals surface area contributed by atoms with E-state index in [4.69, 9.17) is 0 Å². The van der Waals surface area contributed by atoms with Crippen molar-refractivity contribution in [1.82, 2.24) is 10.2 Å². The van der Waals surface area contributed by atoms with Gasteiger partial charge in [-0.2, -0.15) is 0 Å². The van der Waals surface area contributed by atoms with Gasteiger partial charge in [0, 0.05) is 18.6 Å². The summed E-state index contributed by atoms with van der Waals surface area (Å²) in [5.74, 6) is 0. The van der Waals surface area contributed by atoms with Gasteiger partial charge in [0.2, 0.25) is 0 Å². The van der Waals surface area contributed by atoms with Crippen LogP contribution in [0, 0.1) is 6.92 Å². The Morgan fingerprint density at radius 2 is 2.16 bits per heavy atom. The third-order valence-electron chi connectivity index (χ3n) is 4.59. The molecule has 1 aliphatic rings. The van der Waals surface area contributed by atoms with Crippen LogP contribution in [0.1, 0.15) is 49.8 Å². The van der Waals surface area contributed by atoms with Crippen molar-refractivity contribution in [2.24, 2.45) is 0 Å². The van der Waals surface area contributed by atoms with Crippen LogP contribution >= 0.6 is 0 Å². The van der Waals surface area contributed by atoms with Gasteiger partial charge in [-0.1, -0.05) is 31.2 Å². The molecule has 106 valence electrons. The van der Waals surface area contributed by atoms with Crippen molar-refractivity contribution in [1.29, 1.82) is 0 Å². The van der Waals surface area contributed by atoms with Crippen molar-refractivity contribution in [3.8, 4) is 0 Å². The smallest absolute Gasteiger partial charge is 0.0332 e. The van der Waals surface area contributed by atoms with Crippen molar-refractivity contribution in [2.45, 2.75) is 51.6 Å². The Kier molecular flexibility index (Phi) is 5.41. The van der Waals surface area contributed by atoms with Gasteiger partial charge >= 0.3 is 0 Å². The second-order valence-electron chi connectivity index (χ2n) is 5.73. The Balaban J connectivity index is 1.95. The van der Waals surface area contributed by atoms with Gasteiger partial charge < -0.3 is 10.2 Å². The number of benzene rings is 1. The normalized spacial score (nSPS) is 21.7. The summed E-state index contributed by atoms with van der Waals surface area (Å²) in [5, 5.41) is 3.49. The van der Waals surface area contributed by atoms with Gasteiger partial charge in [-0.25, -0.2) is 0 Å². The Morgan fingerprint density at radius 1 is 1.37 bits per heavy atom. The molecule has 2 heteroatoms. The minimum absolute atomic E-state index is 0.485. The standard InChI is InChI=1S/C17H28N2/c1-4-15-9-7-12-19(15)13-11-17(18-3)16-10-6-5-8-14(16)2/h5-6,8,10,15,17-18H,4,7,9,11-13H2,1-3H3. The predicted molar refractivity (Wildman–Crippen MR) is 82.5 cm³/mol. The average molecular weight is 260 g/mol. The van der Waals surface area contributed by atoms with Crippen LogP contribution in [-0.2, 0) is 0 Å². The van der Waals surface area contributed by atoms with Crippen molar-refractivity contribution in [3.05, 3.63) is 35.4 Å². The molecule has 1 aromatic rings. The third-order valence-corrected chi connectivity index (χ3v) is 4.59. The van der Waals surface area contributed by atoms with E-state index >= 15 is 0 Å². The highest BCUT2D eigenvalue weighted by molar-refractivity contribution is 5.28. The molecule has 1 fully saturated rings. The summed E-state index contributed by atoms with van der Waals surface area (Å²) in [6.45, 7) is 7.05. The van der Waals surface area contributed by atoms with Crippen molar-refractivity contribution in [2.75, 3.05) is 20.1 Å². The fourth-order valence-corrected chi connectivity index (χ4v) is 3.38. The number of nitrogens with one attached hydrogen (secondary N) is 1. The number of likely N-dealkylation sites (tertiary alicyclic amines) is 1. The number of hydrogen-bond donors (Lipinski definition) is 1. The van der Waals surface area contributed by atoms with Crippen LogP contribution in [0.25, 0.3) is 0 Å². The lowest BCUT2D eigenvalue weighted by Gasteiger charge is -2.26. The molecule has 2 rings (SSSR count). The molecule has 2 atom stereocenters. The van der Waals surface area contributed by atoms with Gasteiger partial charge in [0.1, 0.15) is 0 Å². The first-order chi connectivity index (χ1) is 9.26. The van der Waals surface area contributed by atoms with E-state index in [9.17, 15) is 0 Å². The van der Waals surface area contributed by atoms with Gasteiger partial charge in [-0.05, 0) is 57.3 Å². The molecule has 0 amide bonds. The van der Waals surface area contributed by atoms with Crippen LogP contribution in [0.2, 0.25) is 0 Å². The molecule has 0 radical (unpaired) electrons. The monoisotopic (exact) mass is 260 g/mol. The summed E-state index contributed by atoms with van der Waals surface area (Å²) in [6.07, 6.45) is 5.28. The molecule has 1 N–H and O–H groups in total. The summed E-state index contributed by atoms with van der Waals surface area (Å²) in [7, 11) is 2.08. The fraction of sp³-hybridized carbons (Fsp3) is 0.647. The topological polar surface area (TPSA) is 15.3 Å². The SMILES string of the molecule is CCC1CCCN1CCC(NC)c1ccccc1C. The Bertz CT molecular complexity index is 389. The van der Waals surface area contributed by atoms with Gasteiger partial charge in [-0.3, -0.25) is 0 Å². The number of hydrogen-bond acceptors (Lipinski definition) is 2. The summed E-state index contributed by atoms with van der Waals surface area (Å²) >= 11 is 0. The van der Waals surface area contributed by atoms with Crippen LogP contribution in [0.3, 0.4) is 0 Å². The summed E-state index contributed by atoms with van der Waals surface area (Å²) in [4.78, 5) is 2.68. The van der Waals surface area contributed by atoms with Crippen LogP contribution in [-0.4, -0.2) is 31.1 Å². The molecule has 0 aliphatic carbocycles. The van der Waals surface area contributed by atoms with Gasteiger partial charge in [0.15, 0.2) is 0 Å². The molecule has 0 spiro atoms. The molecule has 2 unspecified atom stereocenters. The lowest BCUT2D eigenvalue weighted by atomic mass is 9.98. The van der Waals surface area contributed by atoms with E-state index in [1.807, 2.05) is 0 Å². The van der Waals surface area contributed by atoms with Gasteiger partial charge in [-0.15, -0.1) is 0 Å². The van der Waals surface area contributed by atoms with E-state index in [-0.39, 0.29) is 0 Å². The highest BCUT2D eigenvalue weighted by Gasteiger charge is 2.23. The van der Waals surface area contributed by atoms with Crippen molar-refractivity contribution >= 4 is 0 Å². The molecule has 1 aliphatic heterocycles. The molecule has 1 aromatic carbocycles. The minimum Gasteiger partial charge on any atom is -0.313 e. The summed E-state index contributed by atoms with van der Waals surface area (Å²) < 4.78 is 0. The Morgan fingerprint density at radius 3 is 2.84 bits per heavy atom. The molecule has 0 saturated carbocycles. The number of aryl methyl sites for hydroxylation is 1. The van der Waals surface area contributed by atoms with Crippen LogP contribution in [0.15, 0.2) is 24.3 Å². The average Bonchev–Trinajstić information content (AvgIpc) is 2.88. The molecule has 2 nitrogen and oxygen atoms in total. The first-order valence-electron chi connectivity index (χ1n) is 7.73. The summed E-state index contributed by atoms with van der Waals surface area (Å²) in [6, 6.07) is 10.1. The van der Waals surface area contributed by atoms with Gasteiger partial charge in [0.05, 0.1) is 0 Å². The van der Waals surface area contributed by atoms with Gasteiger partial charge in [0.25, 0.3) is 0 Å². The first-order valence-corrected chi connectivity index (χ1v) is 7.73. The first kappa shape index (κ1) is 14.5. The van der Waals surface area contributed by atoms with E-state index in [1.165, 1.54) is 49.9 Å². The van der Waals surface area contributed by atoms with E-state index in [0.717, 1.165) is 6.04 Å². The van der Waals surface area contributed by atoms with Crippen molar-refractivity contribution < 1.29 is 0 Å². The van der Waals surface area contributed by atoms with E-state index < -0.39 is 0 Å². The number of nitrogens with zero attached hydrogens (tertiary/aromatic N) is 1. The Hall–Kier alpha value is -0.860. The fourth-order valence-electron chi connectivity index (χ4n) is 3.38. The predicted octanol–water partition coefficient (Wildman–Crippen LogP) is 3.52. The number of rotatable bonds is 6. The molecule has 1 heterocycles. The quantitative estimate of drug-likeness (QED) is 0.842. The molecular weight excluding hydrogens is 232 g/mol. The maximum Gasteiger partial charge on any atom is 0.0332 e. The highest BCUT2D eigenvalue weighted by Crippen LogP contribution is 2.24. The zero-order chi connectivity index (χ0) is 13.7. The third kappa shape index (κ3) is 3.58. The maximum atomic E-state index is 3.49. The maximum absolute atomic E-state index is 3.49. The van der Waals surface area contributed by atoms with E-state index in [2.05, 4.69) is 55.4 Å². The zero-order valence-corrected chi connectivity index (χ0v) is 12.7. The zero-order valence-electron chi connectivity index (χ0n) is 12.7. The summed E-state index contributed by atoms with van der Waals surface area (Å²) in [5.41, 5.74) is 2.85. The van der Waals surface area contributed by atoms with Crippen molar-refractivity contribution in [3.63, 3.8) is 0 Å². The van der Waals surface area contributed by atoms with E-state index in [1.54, 1.807) is 0 Å². The molecule has 1 saturated heterocycles. The lowest BCUT2D eigenvalue weighted by Crippen LogP contribution is -2.32. The second kappa shape index (κ2) is 7.06. The van der Waals surface area contributed by atoms with Crippen LogP contribution in [0.5, 0.6) is 0 Å². The van der Waals surface area contributed by atoms with Crippen LogP contribution < -0.4 is 5.32 Å². The molecular formula is C17H28N2. The largest absolute Gasteiger partial charge is 0.313 e. The Labute approximate surface area is 118 Å². The molecule has 0 aromatic heterocycles. The molecule has 0 bridgehead atoms. The lowest BCUT2D eigenvalue weighted by molar-refractivity contribution is 0.235. The van der Waals surface area contributed by atoms with Crippen LogP contribution in [0.4, 0.5) is 0 Å². The molecule has 19 heavy (non-hydrogen) atoms. The van der Waals surface area contributed by atoms with E-state index in [0.29, 0.717) is 6.04 Å². The highest BCUT2D eigenvalue weighted by atomic mass is 15.2. The minimum atomic E-state index is 0.485.